The fourth-order valence-corrected chi connectivity index (χ4v) is 0.228. The van der Waals surface area contributed by atoms with Crippen molar-refractivity contribution >= 4 is 29.1 Å². The quantitative estimate of drug-likeness (QED) is 0.554. The lowest BCUT2D eigenvalue weighted by Gasteiger charge is -1.93. The van der Waals surface area contributed by atoms with Gasteiger partial charge in [0.05, 0.1) is 0 Å². The highest BCUT2D eigenvalue weighted by molar-refractivity contribution is 6.35. The number of nitrogens with two attached hydrogens (primary N) is 1. The summed E-state index contributed by atoms with van der Waals surface area (Å²) in [5.41, 5.74) is 4.69. The average Bonchev–Trinajstić information content (AvgIpc) is 1.65. The van der Waals surface area contributed by atoms with Crippen LogP contribution < -0.4 is 5.73 Å². The Hall–Kier alpha value is 0.0500. The molecule has 0 fully saturated rings. The van der Waals surface area contributed by atoms with E-state index in [-0.39, 0.29) is 5.88 Å². The minimum atomic E-state index is -0.721. The van der Waals surface area contributed by atoms with Crippen LogP contribution in [0.25, 0.3) is 0 Å². The van der Waals surface area contributed by atoms with Gasteiger partial charge < -0.3 is 5.73 Å². The highest BCUT2D eigenvalue weighted by atomic mass is 35.5. The number of alkyl halides is 2. The van der Waals surface area contributed by atoms with Gasteiger partial charge in [-0.2, -0.15) is 0 Å². The maximum Gasteiger partial charge on any atom is 0.236 e. The molecule has 7 heavy (non-hydrogen) atoms. The van der Waals surface area contributed by atoms with Gasteiger partial charge in [0.25, 0.3) is 0 Å². The fourth-order valence-electron chi connectivity index (χ4n) is 0.0760. The van der Waals surface area contributed by atoms with Crippen LogP contribution in [-0.4, -0.2) is 17.2 Å². The van der Waals surface area contributed by atoms with E-state index in [4.69, 9.17) is 28.9 Å². The third-order valence-corrected chi connectivity index (χ3v) is 1.28. The molecule has 2 N–H and O–H groups in total. The van der Waals surface area contributed by atoms with Gasteiger partial charge in [-0.1, -0.05) is 0 Å². The van der Waals surface area contributed by atoms with Crippen molar-refractivity contribution in [2.45, 2.75) is 5.38 Å². The molecule has 0 unspecified atom stereocenters. The van der Waals surface area contributed by atoms with Crippen LogP contribution in [0.5, 0.6) is 0 Å². The van der Waals surface area contributed by atoms with Crippen LogP contribution in [0.4, 0.5) is 0 Å². The zero-order chi connectivity index (χ0) is 5.86. The smallest absolute Gasteiger partial charge is 0.236 e. The zero-order valence-electron chi connectivity index (χ0n) is 3.53. The van der Waals surface area contributed by atoms with Gasteiger partial charge in [0.15, 0.2) is 0 Å². The first-order valence-electron chi connectivity index (χ1n) is 1.68. The largest absolute Gasteiger partial charge is 0.368 e. The molecule has 0 saturated heterocycles. The van der Waals surface area contributed by atoms with E-state index >= 15 is 0 Å². The Labute approximate surface area is 51.6 Å². The van der Waals surface area contributed by atoms with E-state index in [1.54, 1.807) is 0 Å². The van der Waals surface area contributed by atoms with Crippen LogP contribution in [0.1, 0.15) is 0 Å². The van der Waals surface area contributed by atoms with Crippen molar-refractivity contribution in [1.82, 2.24) is 0 Å². The Morgan fingerprint density at radius 2 is 2.29 bits per heavy atom. The maximum absolute atomic E-state index is 9.94. The molecule has 4 heteroatoms. The first-order chi connectivity index (χ1) is 3.18. The topological polar surface area (TPSA) is 43.1 Å². The van der Waals surface area contributed by atoms with Gasteiger partial charge in [0.2, 0.25) is 5.91 Å². The number of primary amides is 1. The Morgan fingerprint density at radius 1 is 1.86 bits per heavy atom. The number of amides is 1. The molecule has 2 nitrogen and oxygen atoms in total. The van der Waals surface area contributed by atoms with E-state index in [0.29, 0.717) is 0 Å². The number of rotatable bonds is 2. The van der Waals surface area contributed by atoms with Crippen LogP contribution in [0, 0.1) is 0 Å². The summed E-state index contributed by atoms with van der Waals surface area (Å²) < 4.78 is 0. The highest BCUT2D eigenvalue weighted by Crippen LogP contribution is 1.95. The lowest BCUT2D eigenvalue weighted by Crippen LogP contribution is -2.24. The van der Waals surface area contributed by atoms with Crippen molar-refractivity contribution < 1.29 is 4.79 Å². The first-order valence-corrected chi connectivity index (χ1v) is 2.65. The van der Waals surface area contributed by atoms with Crippen LogP contribution in [0.2, 0.25) is 0 Å². The molecule has 42 valence electrons. The molecular formula is C3H5Cl2NO. The Morgan fingerprint density at radius 3 is 2.29 bits per heavy atom. The van der Waals surface area contributed by atoms with Gasteiger partial charge in [-0.3, -0.25) is 4.79 Å². The summed E-state index contributed by atoms with van der Waals surface area (Å²) >= 11 is 10.3. The summed E-state index contributed by atoms with van der Waals surface area (Å²) in [6.07, 6.45) is 0. The molecular weight excluding hydrogens is 137 g/mol. The minimum absolute atomic E-state index is 0.0802. The van der Waals surface area contributed by atoms with Crippen molar-refractivity contribution in [1.29, 1.82) is 0 Å². The second-order valence-corrected chi connectivity index (χ2v) is 1.86. The van der Waals surface area contributed by atoms with Gasteiger partial charge >= 0.3 is 0 Å². The normalized spacial score (nSPS) is 13.4. The number of hydrogen-bond donors (Lipinski definition) is 1. The third-order valence-electron chi connectivity index (χ3n) is 0.444. The van der Waals surface area contributed by atoms with E-state index in [1.165, 1.54) is 0 Å². The molecule has 0 radical (unpaired) electrons. The Kier molecular flexibility index (Phi) is 3.13. The zero-order valence-corrected chi connectivity index (χ0v) is 5.04. The van der Waals surface area contributed by atoms with E-state index in [9.17, 15) is 4.79 Å². The highest BCUT2D eigenvalue weighted by Gasteiger charge is 2.06. The molecule has 0 aromatic rings. The molecule has 0 saturated carbocycles. The van der Waals surface area contributed by atoms with Crippen molar-refractivity contribution in [3.05, 3.63) is 0 Å². The van der Waals surface area contributed by atoms with Gasteiger partial charge in [-0.05, 0) is 0 Å². The molecule has 0 bridgehead atoms. The summed E-state index contributed by atoms with van der Waals surface area (Å²) in [6, 6.07) is 0. The summed E-state index contributed by atoms with van der Waals surface area (Å²) in [7, 11) is 0. The van der Waals surface area contributed by atoms with Crippen LogP contribution >= 0.6 is 23.2 Å². The molecule has 1 amide bonds. The SMILES string of the molecule is NC(=O)[C@@H](Cl)CCl. The van der Waals surface area contributed by atoms with E-state index < -0.39 is 11.3 Å². The molecule has 0 aromatic heterocycles. The molecule has 0 heterocycles. The lowest BCUT2D eigenvalue weighted by atomic mass is 10.5. The number of carbonyl (C=O) groups is 1. The summed E-state index contributed by atoms with van der Waals surface area (Å²) in [5, 5.41) is -0.721. The Balaban J connectivity index is 3.34. The van der Waals surface area contributed by atoms with Gasteiger partial charge in [-0.25, -0.2) is 0 Å². The maximum atomic E-state index is 9.94. The van der Waals surface area contributed by atoms with E-state index in [2.05, 4.69) is 0 Å². The standard InChI is InChI=1S/C3H5Cl2NO/c4-1-2(5)3(6)7/h2H,1H2,(H2,6,7)/t2-/m0/s1. The summed E-state index contributed by atoms with van der Waals surface area (Å²) in [4.78, 5) is 9.94. The van der Waals surface area contributed by atoms with E-state index in [1.807, 2.05) is 0 Å². The molecule has 0 aliphatic heterocycles. The summed E-state index contributed by atoms with van der Waals surface area (Å²) in [5.74, 6) is -0.492. The van der Waals surface area contributed by atoms with Crippen LogP contribution in [-0.2, 0) is 4.79 Å². The van der Waals surface area contributed by atoms with Crippen molar-refractivity contribution in [3.63, 3.8) is 0 Å². The molecule has 0 aliphatic carbocycles. The molecule has 1 atom stereocenters. The fraction of sp³-hybridized carbons (Fsp3) is 0.667. The second kappa shape index (κ2) is 3.10. The molecule has 0 rings (SSSR count). The van der Waals surface area contributed by atoms with Crippen molar-refractivity contribution in [2.75, 3.05) is 5.88 Å². The molecule has 0 aromatic carbocycles. The molecule has 0 aliphatic rings. The van der Waals surface area contributed by atoms with Crippen LogP contribution in [0.3, 0.4) is 0 Å². The predicted octanol–water partition coefficient (Wildman–Crippen LogP) is 0.318. The van der Waals surface area contributed by atoms with E-state index in [0.717, 1.165) is 0 Å². The van der Waals surface area contributed by atoms with Gasteiger partial charge in [0.1, 0.15) is 5.38 Å². The number of carbonyl (C=O) groups excluding carboxylic acids is 1. The lowest BCUT2D eigenvalue weighted by molar-refractivity contribution is -0.117. The minimum Gasteiger partial charge on any atom is -0.368 e. The average molecular weight is 142 g/mol. The van der Waals surface area contributed by atoms with Gasteiger partial charge in [-0.15, -0.1) is 23.2 Å². The van der Waals surface area contributed by atoms with Crippen molar-refractivity contribution in [3.8, 4) is 0 Å². The number of halogens is 2. The Bertz CT molecular complexity index is 75.3. The second-order valence-electron chi connectivity index (χ2n) is 1.02. The van der Waals surface area contributed by atoms with Gasteiger partial charge in [0, 0.05) is 5.88 Å². The molecule has 0 spiro atoms. The van der Waals surface area contributed by atoms with Crippen molar-refractivity contribution in [2.24, 2.45) is 5.73 Å². The predicted molar refractivity (Wildman–Crippen MR) is 29.6 cm³/mol. The van der Waals surface area contributed by atoms with Crippen LogP contribution in [0.15, 0.2) is 0 Å². The monoisotopic (exact) mass is 141 g/mol. The third kappa shape index (κ3) is 2.71. The first kappa shape index (κ1) is 7.05. The summed E-state index contributed by atoms with van der Waals surface area (Å²) in [6.45, 7) is 0. The number of hydrogen-bond acceptors (Lipinski definition) is 1.